The Morgan fingerprint density at radius 3 is 0.913 bits per heavy atom. The standard InChI is InChI=1S/C69H64O23/c1-3-50(70)14-10-6-5-7-12-40-81-68(78)89-55-35-23-46(24-36-55)64(74)85-51-27-15-44(16-28-51)62(72)87-53-31-19-48(20-32-53)66(76)91-57-42-83-61-58(43-84-60(57)61)92-67(77)49-21-33-54(34-22-49)88-63(73)45-17-29-52(30-18-45)86-65(75)47-25-37-56(38-26-47)90-69(79)82-41-13-9-8-11-39-80-59(71)4-2/h3-4,15-38,57-58,60-61H,1-2,5-14,39-43H2/t57-,58-,60?,61?/m0/s1. The molecule has 0 spiro atoms. The maximum absolute atomic E-state index is 13.2. The highest BCUT2D eigenvalue weighted by Gasteiger charge is 2.51. The Balaban J connectivity index is 0.694. The molecule has 0 bridgehead atoms. The first-order valence-corrected chi connectivity index (χ1v) is 29.4. The third kappa shape index (κ3) is 20.6. The van der Waals surface area contributed by atoms with Crippen LogP contribution in [0.1, 0.15) is 126 Å². The van der Waals surface area contributed by atoms with Gasteiger partial charge in [-0.25, -0.2) is 43.2 Å². The van der Waals surface area contributed by atoms with Crippen molar-refractivity contribution in [1.82, 2.24) is 0 Å². The van der Waals surface area contributed by atoms with Crippen molar-refractivity contribution < 1.29 is 110 Å². The van der Waals surface area contributed by atoms with Gasteiger partial charge >= 0.3 is 54.1 Å². The molecule has 2 fully saturated rings. The minimum absolute atomic E-state index is 0.0259. The molecule has 6 aromatic carbocycles. The van der Waals surface area contributed by atoms with E-state index in [9.17, 15) is 47.9 Å². The van der Waals surface area contributed by atoms with Gasteiger partial charge in [-0.3, -0.25) is 4.79 Å². The lowest BCUT2D eigenvalue weighted by Gasteiger charge is -2.17. The molecule has 23 heteroatoms. The van der Waals surface area contributed by atoms with Crippen LogP contribution < -0.4 is 28.4 Å². The van der Waals surface area contributed by atoms with Crippen LogP contribution in [-0.2, 0) is 42.7 Å². The number of ether oxygens (including phenoxy) is 13. The molecular weight excluding hydrogens is 1200 g/mol. The van der Waals surface area contributed by atoms with E-state index in [1.165, 1.54) is 152 Å². The van der Waals surface area contributed by atoms with Crippen molar-refractivity contribution in [2.45, 2.75) is 88.6 Å². The summed E-state index contributed by atoms with van der Waals surface area (Å²) in [6, 6.07) is 33.8. The summed E-state index contributed by atoms with van der Waals surface area (Å²) in [5.41, 5.74) is 0.876. The van der Waals surface area contributed by atoms with Gasteiger partial charge in [0.1, 0.15) is 46.7 Å². The second-order valence-electron chi connectivity index (χ2n) is 20.6. The van der Waals surface area contributed by atoms with E-state index in [4.69, 9.17) is 61.6 Å². The van der Waals surface area contributed by atoms with Crippen LogP contribution in [0.2, 0.25) is 0 Å². The van der Waals surface area contributed by atoms with E-state index in [1.807, 2.05) is 0 Å². The van der Waals surface area contributed by atoms with Crippen LogP contribution >= 0.6 is 0 Å². The molecule has 0 amide bonds. The Kier molecular flexibility index (Phi) is 25.0. The molecule has 2 saturated heterocycles. The van der Waals surface area contributed by atoms with Crippen molar-refractivity contribution in [3.63, 3.8) is 0 Å². The fourth-order valence-corrected chi connectivity index (χ4v) is 9.05. The summed E-state index contributed by atoms with van der Waals surface area (Å²) < 4.78 is 70.4. The monoisotopic (exact) mass is 1260 g/mol. The number of ketones is 1. The Labute approximate surface area is 527 Å². The second kappa shape index (κ2) is 34.3. The quantitative estimate of drug-likeness (QED) is 0.00975. The molecule has 0 aliphatic carbocycles. The van der Waals surface area contributed by atoms with Gasteiger partial charge in [0.2, 0.25) is 0 Å². The molecular formula is C69H64O23. The van der Waals surface area contributed by atoms with Gasteiger partial charge in [0.15, 0.2) is 18.0 Å². The first kappa shape index (κ1) is 67.2. The van der Waals surface area contributed by atoms with Gasteiger partial charge in [0.05, 0.1) is 66.4 Å². The lowest BCUT2D eigenvalue weighted by Crippen LogP contribution is -2.36. The van der Waals surface area contributed by atoms with Crippen LogP contribution in [0.4, 0.5) is 9.59 Å². The number of hydrogen-bond donors (Lipinski definition) is 0. The Morgan fingerprint density at radius 2 is 0.609 bits per heavy atom. The van der Waals surface area contributed by atoms with Crippen molar-refractivity contribution in [3.8, 4) is 34.5 Å². The maximum atomic E-state index is 13.2. The summed E-state index contributed by atoms with van der Waals surface area (Å²) in [4.78, 5) is 125. The van der Waals surface area contributed by atoms with E-state index in [1.54, 1.807) is 0 Å². The minimum atomic E-state index is -0.903. The predicted molar refractivity (Wildman–Crippen MR) is 323 cm³/mol. The van der Waals surface area contributed by atoms with E-state index in [0.29, 0.717) is 25.7 Å². The molecule has 2 unspecified atom stereocenters. The van der Waals surface area contributed by atoms with Crippen LogP contribution in [0.5, 0.6) is 34.5 Å². The van der Waals surface area contributed by atoms with Gasteiger partial charge in [-0.1, -0.05) is 32.4 Å². The number of allylic oxidation sites excluding steroid dienone is 1. The van der Waals surface area contributed by atoms with Gasteiger partial charge in [0, 0.05) is 12.5 Å². The molecule has 478 valence electrons. The molecule has 0 saturated carbocycles. The smallest absolute Gasteiger partial charge is 0.463 e. The Hall–Kier alpha value is -10.8. The normalized spacial score (nSPS) is 15.2. The highest BCUT2D eigenvalue weighted by atomic mass is 16.7. The topological polar surface area (TPSA) is 291 Å². The molecule has 0 aromatic heterocycles. The third-order valence-electron chi connectivity index (χ3n) is 13.9. The summed E-state index contributed by atoms with van der Waals surface area (Å²) >= 11 is 0. The molecule has 0 radical (unpaired) electrons. The summed E-state index contributed by atoms with van der Waals surface area (Å²) in [5.74, 6) is -3.90. The zero-order valence-corrected chi connectivity index (χ0v) is 49.7. The van der Waals surface area contributed by atoms with Gasteiger partial charge in [-0.2, -0.15) is 0 Å². The van der Waals surface area contributed by atoms with Crippen LogP contribution in [0.25, 0.3) is 0 Å². The number of benzene rings is 6. The number of carbonyl (C=O) groups excluding carboxylic acids is 10. The van der Waals surface area contributed by atoms with Crippen molar-refractivity contribution in [2.75, 3.05) is 33.0 Å². The predicted octanol–water partition coefficient (Wildman–Crippen LogP) is 11.5. The lowest BCUT2D eigenvalue weighted by atomic mass is 10.1. The van der Waals surface area contributed by atoms with E-state index >= 15 is 0 Å². The minimum Gasteiger partial charge on any atom is -0.463 e. The number of hydrogen-bond acceptors (Lipinski definition) is 23. The molecule has 92 heavy (non-hydrogen) atoms. The summed E-state index contributed by atoms with van der Waals surface area (Å²) in [6.07, 6.45) is 4.84. The Morgan fingerprint density at radius 1 is 0.337 bits per heavy atom. The molecule has 2 heterocycles. The maximum Gasteiger partial charge on any atom is 0.513 e. The molecule has 2 aliphatic rings. The summed E-state index contributed by atoms with van der Waals surface area (Å²) in [6.45, 7) is 7.32. The van der Waals surface area contributed by atoms with Crippen LogP contribution in [0, 0.1) is 0 Å². The number of unbranched alkanes of at least 4 members (excludes halogenated alkanes) is 7. The first-order chi connectivity index (χ1) is 44.6. The largest absolute Gasteiger partial charge is 0.513 e. The third-order valence-corrected chi connectivity index (χ3v) is 13.9. The molecule has 8 rings (SSSR count). The van der Waals surface area contributed by atoms with Gasteiger partial charge in [-0.15, -0.1) is 0 Å². The van der Waals surface area contributed by atoms with Gasteiger partial charge in [0.25, 0.3) is 0 Å². The van der Waals surface area contributed by atoms with Crippen molar-refractivity contribution in [3.05, 3.63) is 204 Å². The molecule has 0 N–H and O–H groups in total. The number of esters is 7. The SMILES string of the molecule is C=CC(=O)CCCCCCCOC(=O)Oc1ccc(C(=O)Oc2ccc(C(=O)Oc3ccc(C(=O)O[C@H]4COC5C4OC[C@@H]5OC(=O)c4ccc(OC(=O)c5ccc(OC(=O)c6ccc(OC(=O)OCCCCCCOC(=O)C=C)cc6)cc5)cc4)cc3)cc2)cc1. The second-order valence-corrected chi connectivity index (χ2v) is 20.6. The van der Waals surface area contributed by atoms with E-state index < -0.39 is 78.5 Å². The molecule has 23 nitrogen and oxygen atoms in total. The van der Waals surface area contributed by atoms with Crippen LogP contribution in [-0.4, -0.2) is 117 Å². The molecule has 4 atom stereocenters. The van der Waals surface area contributed by atoms with Crippen molar-refractivity contribution in [1.29, 1.82) is 0 Å². The first-order valence-electron chi connectivity index (χ1n) is 29.4. The van der Waals surface area contributed by atoms with E-state index in [-0.39, 0.29) is 107 Å². The average molecular weight is 1260 g/mol. The zero-order chi connectivity index (χ0) is 65.2. The lowest BCUT2D eigenvalue weighted by molar-refractivity contribution is -0.137. The number of fused-ring (bicyclic) bond motifs is 1. The van der Waals surface area contributed by atoms with E-state index in [2.05, 4.69) is 13.2 Å². The fraction of sp³-hybridized carbons (Fsp3) is 0.275. The summed E-state index contributed by atoms with van der Waals surface area (Å²) in [5, 5.41) is 0. The summed E-state index contributed by atoms with van der Waals surface area (Å²) in [7, 11) is 0. The van der Waals surface area contributed by atoms with Crippen molar-refractivity contribution >= 4 is 59.9 Å². The van der Waals surface area contributed by atoms with Crippen LogP contribution in [0.3, 0.4) is 0 Å². The Bertz CT molecular complexity index is 3320. The number of rotatable bonds is 31. The zero-order valence-electron chi connectivity index (χ0n) is 49.7. The van der Waals surface area contributed by atoms with Crippen LogP contribution in [0.15, 0.2) is 171 Å². The van der Waals surface area contributed by atoms with Crippen molar-refractivity contribution in [2.24, 2.45) is 0 Å². The molecule has 6 aromatic rings. The highest BCUT2D eigenvalue weighted by Crippen LogP contribution is 2.32. The van der Waals surface area contributed by atoms with Gasteiger partial charge in [-0.05, 0) is 190 Å². The fourth-order valence-electron chi connectivity index (χ4n) is 9.05. The van der Waals surface area contributed by atoms with Gasteiger partial charge < -0.3 is 61.6 Å². The average Bonchev–Trinajstić information content (AvgIpc) is 1.71. The highest BCUT2D eigenvalue weighted by molar-refractivity contribution is 5.95. The molecule has 2 aliphatic heterocycles. The van der Waals surface area contributed by atoms with E-state index in [0.717, 1.165) is 44.6 Å². The number of carbonyl (C=O) groups is 10.